The summed E-state index contributed by atoms with van der Waals surface area (Å²) < 4.78 is 23.0. The number of anilines is 1. The van der Waals surface area contributed by atoms with E-state index >= 15 is 0 Å². The van der Waals surface area contributed by atoms with E-state index < -0.39 is 6.04 Å². The minimum absolute atomic E-state index is 0.0140. The molecule has 18 nitrogen and oxygen atoms in total. The molecule has 2 aliphatic carbocycles. The van der Waals surface area contributed by atoms with Crippen molar-refractivity contribution in [2.75, 3.05) is 71.9 Å². The molecule has 0 radical (unpaired) electrons. The summed E-state index contributed by atoms with van der Waals surface area (Å²) in [6.07, 6.45) is 13.5. The van der Waals surface area contributed by atoms with Crippen LogP contribution in [0.15, 0.2) is 96.2 Å². The average molecular weight is 1080 g/mol. The van der Waals surface area contributed by atoms with Crippen LogP contribution in [0.3, 0.4) is 0 Å². The normalized spacial score (nSPS) is 18.2. The van der Waals surface area contributed by atoms with Gasteiger partial charge in [-0.2, -0.15) is 5.10 Å². The number of nitrogens with zero attached hydrogens (tertiary/aromatic N) is 7. The number of nitrogens with one attached hydrogen (secondary N) is 2. The number of pyridine rings is 1. The van der Waals surface area contributed by atoms with E-state index in [2.05, 4.69) is 86.1 Å². The van der Waals surface area contributed by atoms with Gasteiger partial charge in [-0.1, -0.05) is 54.6 Å². The SMILES string of the molecule is CN1CCN(Cc2ccc(-c3ccc(CO[C@H]4CCC[C@@H]4NC(=O)c4cc(-c5cnn(CCCCC(=O)NCCCOCCCOCCCc6ccc7c(c6)n(C)c(=O)n7C6CCC(=O)CC6=O)c5)cnc4N)cc3)cc2)CC1. The Morgan fingerprint density at radius 3 is 2.22 bits per heavy atom. The Morgan fingerprint density at radius 2 is 1.46 bits per heavy atom. The first-order valence-electron chi connectivity index (χ1n) is 28.4. The molecular formula is C61H78N10O8. The zero-order valence-corrected chi connectivity index (χ0v) is 46.0. The molecule has 3 aromatic heterocycles. The molecule has 3 atom stereocenters. The molecule has 420 valence electrons. The first-order chi connectivity index (χ1) is 38.4. The molecule has 2 amide bonds. The number of hydrogen-bond donors (Lipinski definition) is 3. The molecule has 3 fully saturated rings. The fraction of sp³-hybridized carbons (Fsp3) is 0.492. The standard InChI is InChI=1S/C61H78N10O8/c1-67-27-29-69(30-28-67)40-44-13-18-46(19-14-44)47-20-15-45(16-21-47)42-79-57-11-5-10-52(57)66-60(75)51-36-48(38-64-59(51)62)49-39-65-70(41-49)26-4-3-12-58(74)63-25-7-32-78-34-8-33-77-31-6-9-43-17-23-53-55(35-43)68(2)61(76)71(53)54-24-22-50(72)37-56(54)73/h13-21,23,35-36,38-39,41,52,54,57H,3-12,22,24-34,37,40,42H2,1-2H3,(H2,62,64)(H,63,74)(H,66,75)/t52-,54?,57-/m0/s1. The van der Waals surface area contributed by atoms with Gasteiger partial charge in [-0.15, -0.1) is 0 Å². The molecule has 18 heteroatoms. The Labute approximate surface area is 463 Å². The van der Waals surface area contributed by atoms with Gasteiger partial charge in [-0.25, -0.2) is 9.78 Å². The number of piperazine rings is 1. The van der Waals surface area contributed by atoms with Gasteiger partial charge >= 0.3 is 5.69 Å². The number of nitrogens with two attached hydrogens (primary N) is 1. The summed E-state index contributed by atoms with van der Waals surface area (Å²) in [7, 11) is 3.90. The second-order valence-electron chi connectivity index (χ2n) is 21.6. The Bertz CT molecular complexity index is 3070. The number of imidazole rings is 1. The molecule has 0 bridgehead atoms. The fourth-order valence-corrected chi connectivity index (χ4v) is 10.9. The number of rotatable bonds is 27. The van der Waals surface area contributed by atoms with Crippen LogP contribution in [0.5, 0.6) is 0 Å². The quantitative estimate of drug-likeness (QED) is 0.0349. The maximum Gasteiger partial charge on any atom is 0.329 e. The van der Waals surface area contributed by atoms with Crippen molar-refractivity contribution in [3.05, 3.63) is 124 Å². The van der Waals surface area contributed by atoms with E-state index in [1.807, 2.05) is 29.1 Å². The van der Waals surface area contributed by atoms with Crippen molar-refractivity contribution in [2.24, 2.45) is 7.05 Å². The minimum atomic E-state index is -0.590. The lowest BCUT2D eigenvalue weighted by Crippen LogP contribution is -2.43. The third-order valence-electron chi connectivity index (χ3n) is 15.7. The largest absolute Gasteiger partial charge is 0.383 e. The number of ketones is 2. The van der Waals surface area contributed by atoms with Crippen LogP contribution in [0, 0.1) is 0 Å². The number of benzene rings is 3. The second-order valence-corrected chi connectivity index (χ2v) is 21.6. The van der Waals surface area contributed by atoms with Gasteiger partial charge in [0.15, 0.2) is 5.78 Å². The Morgan fingerprint density at radius 1 is 0.734 bits per heavy atom. The molecule has 1 aliphatic heterocycles. The highest BCUT2D eigenvalue weighted by Crippen LogP contribution is 2.29. The van der Waals surface area contributed by atoms with E-state index in [1.165, 1.54) is 16.7 Å². The van der Waals surface area contributed by atoms with E-state index in [4.69, 9.17) is 19.9 Å². The molecule has 1 unspecified atom stereocenters. The van der Waals surface area contributed by atoms with Gasteiger partial charge in [0.2, 0.25) is 5.91 Å². The fourth-order valence-electron chi connectivity index (χ4n) is 10.9. The number of likely N-dealkylation sites (N-methyl/N-ethyl adjacent to an activating group) is 1. The van der Waals surface area contributed by atoms with Gasteiger partial charge < -0.3 is 35.5 Å². The molecule has 3 aromatic carbocycles. The zero-order valence-electron chi connectivity index (χ0n) is 46.0. The predicted octanol–water partition coefficient (Wildman–Crippen LogP) is 7.06. The van der Waals surface area contributed by atoms with Crippen molar-refractivity contribution in [1.82, 2.24) is 44.3 Å². The Hall–Kier alpha value is -6.83. The van der Waals surface area contributed by atoms with Crippen molar-refractivity contribution in [3.8, 4) is 22.3 Å². The number of fused-ring (bicyclic) bond motifs is 1. The van der Waals surface area contributed by atoms with Gasteiger partial charge in [0.1, 0.15) is 11.6 Å². The van der Waals surface area contributed by atoms with Crippen LogP contribution < -0.4 is 22.1 Å². The first-order valence-corrected chi connectivity index (χ1v) is 28.4. The molecule has 4 heterocycles. The number of hydrogen-bond acceptors (Lipinski definition) is 13. The number of aryl methyl sites for hydroxylation is 3. The highest BCUT2D eigenvalue weighted by Gasteiger charge is 2.32. The van der Waals surface area contributed by atoms with Crippen LogP contribution in [-0.4, -0.2) is 135 Å². The Balaban J connectivity index is 0.605. The zero-order chi connectivity index (χ0) is 55.1. The summed E-state index contributed by atoms with van der Waals surface area (Å²) in [6, 6.07) is 24.4. The van der Waals surface area contributed by atoms with Crippen LogP contribution >= 0.6 is 0 Å². The monoisotopic (exact) mass is 1080 g/mol. The van der Waals surface area contributed by atoms with Crippen molar-refractivity contribution >= 4 is 40.2 Å². The summed E-state index contributed by atoms with van der Waals surface area (Å²) in [5.41, 5.74) is 15.3. The number of nitrogen functional groups attached to an aromatic ring is 1. The first kappa shape index (κ1) is 56.9. The number of carbonyl (C=O) groups is 4. The molecular weight excluding hydrogens is 1000 g/mol. The summed E-state index contributed by atoms with van der Waals surface area (Å²) in [5, 5.41) is 10.7. The number of amides is 2. The minimum Gasteiger partial charge on any atom is -0.383 e. The topological polar surface area (TPSA) is 210 Å². The van der Waals surface area contributed by atoms with Crippen LogP contribution in [-0.2, 0) is 61.8 Å². The van der Waals surface area contributed by atoms with Gasteiger partial charge in [-0.3, -0.25) is 37.9 Å². The van der Waals surface area contributed by atoms with E-state index in [-0.39, 0.29) is 53.5 Å². The third kappa shape index (κ3) is 15.5. The van der Waals surface area contributed by atoms with E-state index in [1.54, 1.807) is 34.6 Å². The van der Waals surface area contributed by atoms with E-state index in [0.717, 1.165) is 118 Å². The predicted molar refractivity (Wildman–Crippen MR) is 304 cm³/mol. The van der Waals surface area contributed by atoms with Crippen molar-refractivity contribution in [2.45, 2.75) is 121 Å². The van der Waals surface area contributed by atoms with E-state index in [0.29, 0.717) is 76.5 Å². The molecule has 79 heavy (non-hydrogen) atoms. The molecule has 4 N–H and O–H groups in total. The molecule has 1 saturated heterocycles. The lowest BCUT2D eigenvalue weighted by atomic mass is 9.92. The lowest BCUT2D eigenvalue weighted by Gasteiger charge is -2.32. The number of carbonyl (C=O) groups excluding carboxylic acids is 4. The van der Waals surface area contributed by atoms with Crippen molar-refractivity contribution < 1.29 is 33.4 Å². The number of aromatic nitrogens is 5. The molecule has 9 rings (SSSR count). The summed E-state index contributed by atoms with van der Waals surface area (Å²) >= 11 is 0. The summed E-state index contributed by atoms with van der Waals surface area (Å²) in [6.45, 7) is 9.43. The number of unbranched alkanes of at least 4 members (excludes halogenated alkanes) is 1. The van der Waals surface area contributed by atoms with Crippen LogP contribution in [0.1, 0.15) is 110 Å². The van der Waals surface area contributed by atoms with Crippen molar-refractivity contribution in [1.29, 1.82) is 0 Å². The molecule has 0 spiro atoms. The highest BCUT2D eigenvalue weighted by atomic mass is 16.5. The second kappa shape index (κ2) is 27.9. The average Bonchev–Trinajstić information content (AvgIpc) is 4.26. The van der Waals surface area contributed by atoms with Crippen molar-refractivity contribution in [3.63, 3.8) is 0 Å². The summed E-state index contributed by atoms with van der Waals surface area (Å²) in [4.78, 5) is 72.9. The Kier molecular flexibility index (Phi) is 20.1. The van der Waals surface area contributed by atoms with Gasteiger partial charge in [0.25, 0.3) is 5.91 Å². The number of Topliss-reactive ketones (excluding diaryl/α,β-unsaturated/α-hetero) is 2. The van der Waals surface area contributed by atoms with Gasteiger partial charge in [0, 0.05) is 116 Å². The maximum atomic E-state index is 13.7. The van der Waals surface area contributed by atoms with Crippen LogP contribution in [0.4, 0.5) is 5.82 Å². The molecule has 2 saturated carbocycles. The summed E-state index contributed by atoms with van der Waals surface area (Å²) in [5.74, 6) is -0.349. The van der Waals surface area contributed by atoms with Crippen LogP contribution in [0.2, 0.25) is 0 Å². The smallest absolute Gasteiger partial charge is 0.329 e. The number of ether oxygens (including phenoxy) is 3. The lowest BCUT2D eigenvalue weighted by molar-refractivity contribution is -0.132. The highest BCUT2D eigenvalue weighted by molar-refractivity contribution is 6.03. The molecule has 6 aromatic rings. The molecule has 3 aliphatic rings. The van der Waals surface area contributed by atoms with E-state index in [9.17, 15) is 24.0 Å². The van der Waals surface area contributed by atoms with Crippen LogP contribution in [0.25, 0.3) is 33.3 Å². The maximum absolute atomic E-state index is 13.7. The van der Waals surface area contributed by atoms with Gasteiger partial charge in [-0.05, 0) is 117 Å². The van der Waals surface area contributed by atoms with Gasteiger partial charge in [0.05, 0.1) is 54.0 Å². The third-order valence-corrected chi connectivity index (χ3v) is 15.7.